The Morgan fingerprint density at radius 1 is 1.32 bits per heavy atom. The second-order valence-corrected chi connectivity index (χ2v) is 10.3. The largest absolute Gasteiger partial charge is 0.353 e. The number of nitrogens with zero attached hydrogens (tertiary/aromatic N) is 2. The van der Waals surface area contributed by atoms with Gasteiger partial charge in [0.1, 0.15) is 6.04 Å². The van der Waals surface area contributed by atoms with Gasteiger partial charge in [0, 0.05) is 44.4 Å². The van der Waals surface area contributed by atoms with E-state index in [1.54, 1.807) is 24.3 Å². The minimum Gasteiger partial charge on any atom is -0.353 e. The van der Waals surface area contributed by atoms with E-state index < -0.39 is 9.84 Å². The lowest BCUT2D eigenvalue weighted by Gasteiger charge is -2.33. The Morgan fingerprint density at radius 2 is 2.03 bits per heavy atom. The van der Waals surface area contributed by atoms with E-state index in [-0.39, 0.29) is 41.4 Å². The number of amides is 2. The number of likely N-dealkylation sites (tertiary alicyclic amines) is 1. The zero-order chi connectivity index (χ0) is 22.6. The molecular weight excluding hydrogens is 416 g/mol. The highest BCUT2D eigenvalue weighted by atomic mass is 32.2. The van der Waals surface area contributed by atoms with E-state index in [9.17, 15) is 18.0 Å². The van der Waals surface area contributed by atoms with Crippen LogP contribution in [0.2, 0.25) is 0 Å². The van der Waals surface area contributed by atoms with Crippen molar-refractivity contribution >= 4 is 21.7 Å². The van der Waals surface area contributed by atoms with Gasteiger partial charge in [-0.3, -0.25) is 19.4 Å². The third-order valence-electron chi connectivity index (χ3n) is 6.18. The Labute approximate surface area is 184 Å². The van der Waals surface area contributed by atoms with Gasteiger partial charge in [0.05, 0.1) is 11.4 Å². The van der Waals surface area contributed by atoms with Gasteiger partial charge in [0.2, 0.25) is 11.8 Å². The SMILES string of the molecule is C#CCNC(=O)CCC1CNC(=O)C2C(CCN2Cc2ccc(S(C)(=O)=O)cc2)N1C. The highest BCUT2D eigenvalue weighted by Crippen LogP contribution is 2.28. The van der Waals surface area contributed by atoms with Gasteiger partial charge >= 0.3 is 0 Å². The van der Waals surface area contributed by atoms with Gasteiger partial charge < -0.3 is 10.6 Å². The summed E-state index contributed by atoms with van der Waals surface area (Å²) in [5.74, 6) is 2.31. The molecule has 2 saturated heterocycles. The topological polar surface area (TPSA) is 98.8 Å². The molecule has 8 nitrogen and oxygen atoms in total. The molecule has 3 unspecified atom stereocenters. The fraction of sp³-hybridized carbons (Fsp3) is 0.545. The van der Waals surface area contributed by atoms with Crippen molar-refractivity contribution in [2.45, 2.75) is 48.8 Å². The second kappa shape index (κ2) is 9.81. The first kappa shape index (κ1) is 23.3. The average molecular weight is 447 g/mol. The van der Waals surface area contributed by atoms with Crippen molar-refractivity contribution in [3.8, 4) is 12.3 Å². The third-order valence-corrected chi connectivity index (χ3v) is 7.31. The van der Waals surface area contributed by atoms with Crippen LogP contribution in [0.4, 0.5) is 0 Å². The molecule has 0 aliphatic carbocycles. The first-order valence-electron chi connectivity index (χ1n) is 10.4. The average Bonchev–Trinajstić information content (AvgIpc) is 3.10. The Morgan fingerprint density at radius 3 is 2.68 bits per heavy atom. The molecular formula is C22H30N4O4S. The Hall–Kier alpha value is -2.41. The molecule has 0 aromatic heterocycles. The van der Waals surface area contributed by atoms with Crippen LogP contribution in [0.15, 0.2) is 29.2 Å². The fourth-order valence-electron chi connectivity index (χ4n) is 4.44. The molecule has 0 bridgehead atoms. The molecule has 0 radical (unpaired) electrons. The molecule has 2 amide bonds. The van der Waals surface area contributed by atoms with Crippen LogP contribution in [-0.2, 0) is 26.0 Å². The molecule has 31 heavy (non-hydrogen) atoms. The summed E-state index contributed by atoms with van der Waals surface area (Å²) in [4.78, 5) is 29.5. The van der Waals surface area contributed by atoms with Gasteiger partial charge in [0.15, 0.2) is 9.84 Å². The van der Waals surface area contributed by atoms with Gasteiger partial charge in [0.25, 0.3) is 0 Å². The monoisotopic (exact) mass is 446 g/mol. The lowest BCUT2D eigenvalue weighted by molar-refractivity contribution is -0.126. The molecule has 168 valence electrons. The Bertz CT molecular complexity index is 955. The Balaban J connectivity index is 1.65. The lowest BCUT2D eigenvalue weighted by atomic mass is 10.0. The molecule has 1 aromatic rings. The molecule has 0 saturated carbocycles. The number of carbonyl (C=O) groups excluding carboxylic acids is 2. The molecule has 3 atom stereocenters. The number of sulfone groups is 1. The van der Waals surface area contributed by atoms with E-state index in [2.05, 4.69) is 26.4 Å². The highest BCUT2D eigenvalue weighted by Gasteiger charge is 2.44. The van der Waals surface area contributed by atoms with E-state index in [1.165, 1.54) is 6.26 Å². The van der Waals surface area contributed by atoms with Crippen molar-refractivity contribution < 1.29 is 18.0 Å². The maximum atomic E-state index is 12.9. The van der Waals surface area contributed by atoms with Crippen molar-refractivity contribution in [2.24, 2.45) is 0 Å². The van der Waals surface area contributed by atoms with Crippen LogP contribution in [-0.4, -0.2) is 81.1 Å². The normalized spacial score (nSPS) is 24.7. The minimum atomic E-state index is -3.23. The molecule has 2 N–H and O–H groups in total. The smallest absolute Gasteiger partial charge is 0.239 e. The number of hydrogen-bond acceptors (Lipinski definition) is 6. The summed E-state index contributed by atoms with van der Waals surface area (Å²) in [7, 11) is -1.21. The number of carbonyl (C=O) groups is 2. The van der Waals surface area contributed by atoms with Crippen LogP contribution in [0.1, 0.15) is 24.8 Å². The molecule has 2 fully saturated rings. The second-order valence-electron chi connectivity index (χ2n) is 8.27. The standard InChI is InChI=1S/C22H30N4O4S/c1-4-12-23-20(27)10-7-17-14-24-22(28)21-19(25(17)2)11-13-26(21)15-16-5-8-18(9-6-16)31(3,29)30/h1,5-6,8-9,17,19,21H,7,10-15H2,2-3H3,(H,23,27)(H,24,28). The van der Waals surface area contributed by atoms with Crippen LogP contribution < -0.4 is 10.6 Å². The molecule has 9 heteroatoms. The first-order chi connectivity index (χ1) is 14.7. The summed E-state index contributed by atoms with van der Waals surface area (Å²) < 4.78 is 23.3. The molecule has 2 aliphatic heterocycles. The van der Waals surface area contributed by atoms with Crippen LogP contribution >= 0.6 is 0 Å². The summed E-state index contributed by atoms with van der Waals surface area (Å²) in [6.45, 7) is 2.07. The van der Waals surface area contributed by atoms with Crippen molar-refractivity contribution in [1.29, 1.82) is 0 Å². The number of fused-ring (bicyclic) bond motifs is 1. The molecule has 1 aromatic carbocycles. The maximum Gasteiger partial charge on any atom is 0.239 e. The van der Waals surface area contributed by atoms with Gasteiger partial charge in [-0.05, 0) is 37.6 Å². The summed E-state index contributed by atoms with van der Waals surface area (Å²) in [6, 6.07) is 6.69. The summed E-state index contributed by atoms with van der Waals surface area (Å²) >= 11 is 0. The zero-order valence-electron chi connectivity index (χ0n) is 18.0. The zero-order valence-corrected chi connectivity index (χ0v) is 18.8. The minimum absolute atomic E-state index is 0.00129. The number of nitrogens with one attached hydrogen (secondary N) is 2. The van der Waals surface area contributed by atoms with Crippen molar-refractivity contribution in [2.75, 3.05) is 32.9 Å². The van der Waals surface area contributed by atoms with Gasteiger partial charge in [-0.15, -0.1) is 6.42 Å². The third kappa shape index (κ3) is 5.64. The van der Waals surface area contributed by atoms with Crippen molar-refractivity contribution in [3.63, 3.8) is 0 Å². The van der Waals surface area contributed by atoms with Gasteiger partial charge in [-0.25, -0.2) is 8.42 Å². The molecule has 0 spiro atoms. The predicted octanol–water partition coefficient (Wildman–Crippen LogP) is -0.00720. The molecule has 2 aliphatic rings. The van der Waals surface area contributed by atoms with Crippen molar-refractivity contribution in [3.05, 3.63) is 29.8 Å². The van der Waals surface area contributed by atoms with Gasteiger partial charge in [-0.1, -0.05) is 18.1 Å². The van der Waals surface area contributed by atoms with Crippen molar-refractivity contribution in [1.82, 2.24) is 20.4 Å². The van der Waals surface area contributed by atoms with Crippen LogP contribution in [0.5, 0.6) is 0 Å². The Kier molecular flexibility index (Phi) is 7.36. The van der Waals surface area contributed by atoms with Gasteiger partial charge in [-0.2, -0.15) is 0 Å². The van der Waals surface area contributed by atoms with E-state index in [0.29, 0.717) is 25.9 Å². The molecule has 3 rings (SSSR count). The number of likely N-dealkylation sites (N-methyl/N-ethyl adjacent to an activating group) is 1. The number of terminal acetylenes is 1. The molecule has 2 heterocycles. The number of rotatable bonds is 7. The summed E-state index contributed by atoms with van der Waals surface area (Å²) in [6.07, 6.45) is 8.22. The number of benzene rings is 1. The van der Waals surface area contributed by atoms with Crippen LogP contribution in [0.3, 0.4) is 0 Å². The van der Waals surface area contributed by atoms with Crippen LogP contribution in [0.25, 0.3) is 0 Å². The fourth-order valence-corrected chi connectivity index (χ4v) is 5.07. The maximum absolute atomic E-state index is 12.9. The van der Waals surface area contributed by atoms with Crippen LogP contribution in [0, 0.1) is 12.3 Å². The number of hydrogen-bond donors (Lipinski definition) is 2. The first-order valence-corrected chi connectivity index (χ1v) is 12.3. The summed E-state index contributed by atoms with van der Waals surface area (Å²) in [5.41, 5.74) is 0.967. The van der Waals surface area contributed by atoms with E-state index in [0.717, 1.165) is 18.5 Å². The van der Waals surface area contributed by atoms with E-state index >= 15 is 0 Å². The predicted molar refractivity (Wildman–Crippen MR) is 118 cm³/mol. The van der Waals surface area contributed by atoms with E-state index in [1.807, 2.05) is 7.05 Å². The van der Waals surface area contributed by atoms with E-state index in [4.69, 9.17) is 6.42 Å². The highest BCUT2D eigenvalue weighted by molar-refractivity contribution is 7.90. The summed E-state index contributed by atoms with van der Waals surface area (Å²) in [5, 5.41) is 5.72. The lowest BCUT2D eigenvalue weighted by Crippen LogP contribution is -2.49. The quantitative estimate of drug-likeness (QED) is 0.572.